The van der Waals surface area contributed by atoms with E-state index in [2.05, 4.69) is 20.4 Å². The van der Waals surface area contributed by atoms with Crippen LogP contribution in [0.3, 0.4) is 0 Å². The molecule has 2 N–H and O–H groups in total. The number of hydrogen-bond acceptors (Lipinski definition) is 4. The van der Waals surface area contributed by atoms with E-state index in [1.165, 1.54) is 18.3 Å². The number of imidazole rings is 1. The van der Waals surface area contributed by atoms with Gasteiger partial charge in [-0.15, -0.1) is 0 Å². The monoisotopic (exact) mass is 365 g/mol. The van der Waals surface area contributed by atoms with Gasteiger partial charge in [-0.3, -0.25) is 14.8 Å². The van der Waals surface area contributed by atoms with E-state index in [0.717, 1.165) is 5.56 Å². The quantitative estimate of drug-likeness (QED) is 0.581. The minimum atomic E-state index is -0.339. The van der Waals surface area contributed by atoms with Crippen molar-refractivity contribution in [3.05, 3.63) is 60.2 Å². The van der Waals surface area contributed by atoms with Crippen LogP contribution >= 0.6 is 0 Å². The lowest BCUT2D eigenvalue weighted by Crippen LogP contribution is -2.12. The molecular formula is C19H16FN5O2. The molecule has 0 unspecified atom stereocenters. The highest BCUT2D eigenvalue weighted by atomic mass is 19.1. The number of nitrogens with zero attached hydrogens (tertiary/aromatic N) is 3. The molecule has 0 aliphatic rings. The predicted molar refractivity (Wildman–Crippen MR) is 99.2 cm³/mol. The topological polar surface area (TPSA) is 84.8 Å². The van der Waals surface area contributed by atoms with E-state index < -0.39 is 0 Å². The maximum atomic E-state index is 13.6. The highest BCUT2D eigenvalue weighted by Gasteiger charge is 2.16. The number of aryl methyl sites for hydroxylation is 1. The summed E-state index contributed by atoms with van der Waals surface area (Å²) < 4.78 is 20.6. The van der Waals surface area contributed by atoms with Crippen LogP contribution in [-0.2, 0) is 7.05 Å². The standard InChI is InChI=1S/C19H16FN5O2/c1-25-10-12(9-21-25)18(26)24-19-22-16-14(11-4-3-5-13(20)8-11)6-7-15(27-2)17(16)23-19/h3-10H,1-2H3,(H2,22,23,24,26). The fraction of sp³-hybridized carbons (Fsp3) is 0.105. The highest BCUT2D eigenvalue weighted by molar-refractivity contribution is 6.04. The smallest absolute Gasteiger partial charge is 0.261 e. The second-order valence-corrected chi connectivity index (χ2v) is 5.99. The van der Waals surface area contributed by atoms with Gasteiger partial charge in [-0.05, 0) is 29.8 Å². The largest absolute Gasteiger partial charge is 0.494 e. The molecule has 8 heteroatoms. The summed E-state index contributed by atoms with van der Waals surface area (Å²) in [6.45, 7) is 0. The highest BCUT2D eigenvalue weighted by Crippen LogP contribution is 2.34. The number of aromatic nitrogens is 4. The van der Waals surface area contributed by atoms with E-state index >= 15 is 0 Å². The first-order valence-electron chi connectivity index (χ1n) is 8.18. The van der Waals surface area contributed by atoms with Crippen LogP contribution < -0.4 is 10.1 Å². The lowest BCUT2D eigenvalue weighted by Gasteiger charge is -2.06. The van der Waals surface area contributed by atoms with Gasteiger partial charge in [0.25, 0.3) is 5.91 Å². The molecule has 27 heavy (non-hydrogen) atoms. The summed E-state index contributed by atoms with van der Waals surface area (Å²) >= 11 is 0. The molecule has 2 heterocycles. The SMILES string of the molecule is COc1ccc(-c2cccc(F)c2)c2nc(NC(=O)c3cnn(C)c3)[nH]c12. The van der Waals surface area contributed by atoms with E-state index in [4.69, 9.17) is 4.74 Å². The maximum Gasteiger partial charge on any atom is 0.261 e. The fourth-order valence-corrected chi connectivity index (χ4v) is 2.90. The zero-order valence-electron chi connectivity index (χ0n) is 14.7. The summed E-state index contributed by atoms with van der Waals surface area (Å²) in [5, 5.41) is 6.69. The van der Waals surface area contributed by atoms with Crippen LogP contribution in [0.2, 0.25) is 0 Å². The number of halogens is 1. The lowest BCUT2D eigenvalue weighted by atomic mass is 10.0. The summed E-state index contributed by atoms with van der Waals surface area (Å²) in [6.07, 6.45) is 3.08. The Morgan fingerprint density at radius 3 is 2.85 bits per heavy atom. The van der Waals surface area contributed by atoms with Crippen molar-refractivity contribution in [2.45, 2.75) is 0 Å². The van der Waals surface area contributed by atoms with E-state index in [9.17, 15) is 9.18 Å². The normalized spacial score (nSPS) is 10.9. The number of aromatic amines is 1. The average Bonchev–Trinajstić information content (AvgIpc) is 3.27. The Hall–Kier alpha value is -3.68. The van der Waals surface area contributed by atoms with Gasteiger partial charge in [0, 0.05) is 18.8 Å². The van der Waals surface area contributed by atoms with Crippen molar-refractivity contribution in [2.24, 2.45) is 7.05 Å². The third-order valence-corrected chi connectivity index (χ3v) is 4.16. The number of carbonyl (C=O) groups is 1. The number of benzene rings is 2. The molecule has 0 fully saturated rings. The first-order valence-corrected chi connectivity index (χ1v) is 8.18. The van der Waals surface area contributed by atoms with Crippen molar-refractivity contribution in [2.75, 3.05) is 12.4 Å². The van der Waals surface area contributed by atoms with Crippen molar-refractivity contribution < 1.29 is 13.9 Å². The number of hydrogen-bond donors (Lipinski definition) is 2. The van der Waals surface area contributed by atoms with Gasteiger partial charge in [0.15, 0.2) is 0 Å². The molecule has 0 spiro atoms. The van der Waals surface area contributed by atoms with Crippen molar-refractivity contribution in [3.8, 4) is 16.9 Å². The first-order chi connectivity index (χ1) is 13.0. The van der Waals surface area contributed by atoms with Crippen molar-refractivity contribution >= 4 is 22.9 Å². The average molecular weight is 365 g/mol. The van der Waals surface area contributed by atoms with Crippen molar-refractivity contribution in [3.63, 3.8) is 0 Å². The molecule has 0 radical (unpaired) electrons. The van der Waals surface area contributed by atoms with E-state index in [-0.39, 0.29) is 17.7 Å². The van der Waals surface area contributed by atoms with E-state index in [1.807, 2.05) is 6.07 Å². The van der Waals surface area contributed by atoms with Gasteiger partial charge in [0.1, 0.15) is 22.6 Å². The second-order valence-electron chi connectivity index (χ2n) is 5.99. The third-order valence-electron chi connectivity index (χ3n) is 4.16. The summed E-state index contributed by atoms with van der Waals surface area (Å²) in [5.41, 5.74) is 3.00. The van der Waals surface area contributed by atoms with E-state index in [1.54, 1.807) is 43.2 Å². The Morgan fingerprint density at radius 2 is 2.15 bits per heavy atom. The van der Waals surface area contributed by atoms with Crippen LogP contribution in [0.25, 0.3) is 22.2 Å². The molecule has 0 aliphatic heterocycles. The molecule has 0 saturated carbocycles. The van der Waals surface area contributed by atoms with Crippen LogP contribution in [0.1, 0.15) is 10.4 Å². The van der Waals surface area contributed by atoms with Crippen LogP contribution in [0.15, 0.2) is 48.8 Å². The Kier molecular flexibility index (Phi) is 4.08. The number of nitrogens with one attached hydrogen (secondary N) is 2. The predicted octanol–water partition coefficient (Wildman–Crippen LogP) is 3.36. The molecule has 0 aliphatic carbocycles. The summed E-state index contributed by atoms with van der Waals surface area (Å²) in [6, 6.07) is 9.83. The molecule has 7 nitrogen and oxygen atoms in total. The Morgan fingerprint density at radius 1 is 1.30 bits per heavy atom. The minimum absolute atomic E-state index is 0.265. The van der Waals surface area contributed by atoms with Gasteiger partial charge < -0.3 is 9.72 Å². The lowest BCUT2D eigenvalue weighted by molar-refractivity contribution is 0.102. The number of methoxy groups -OCH3 is 1. The van der Waals surface area contributed by atoms with Gasteiger partial charge in [-0.2, -0.15) is 5.10 Å². The number of rotatable bonds is 4. The zero-order valence-corrected chi connectivity index (χ0v) is 14.7. The number of fused-ring (bicyclic) bond motifs is 1. The van der Waals surface area contributed by atoms with Crippen molar-refractivity contribution in [1.29, 1.82) is 0 Å². The summed E-state index contributed by atoms with van der Waals surface area (Å²) in [4.78, 5) is 19.9. The van der Waals surface area contributed by atoms with Crippen LogP contribution in [0.4, 0.5) is 10.3 Å². The van der Waals surface area contributed by atoms with Crippen LogP contribution in [0, 0.1) is 5.82 Å². The Bertz CT molecular complexity index is 1150. The molecule has 0 bridgehead atoms. The van der Waals surface area contributed by atoms with Crippen LogP contribution in [0.5, 0.6) is 5.75 Å². The zero-order chi connectivity index (χ0) is 19.0. The molecule has 136 valence electrons. The number of anilines is 1. The number of amides is 1. The second kappa shape index (κ2) is 6.56. The van der Waals surface area contributed by atoms with Gasteiger partial charge in [-0.25, -0.2) is 9.37 Å². The van der Waals surface area contributed by atoms with Gasteiger partial charge >= 0.3 is 0 Å². The number of H-pyrrole nitrogens is 1. The number of carbonyl (C=O) groups excluding carboxylic acids is 1. The Labute approximate surface area is 153 Å². The van der Waals surface area contributed by atoms with Crippen LogP contribution in [-0.4, -0.2) is 32.8 Å². The molecular weight excluding hydrogens is 349 g/mol. The molecule has 4 aromatic rings. The summed E-state index contributed by atoms with van der Waals surface area (Å²) in [5.74, 6) is 0.158. The third kappa shape index (κ3) is 3.12. The molecule has 2 aromatic carbocycles. The van der Waals surface area contributed by atoms with Gasteiger partial charge in [-0.1, -0.05) is 12.1 Å². The molecule has 4 rings (SSSR count). The Balaban J connectivity index is 1.78. The molecule has 0 atom stereocenters. The maximum absolute atomic E-state index is 13.6. The molecule has 2 aromatic heterocycles. The number of ether oxygens (including phenoxy) is 1. The first kappa shape index (κ1) is 16.8. The fourth-order valence-electron chi connectivity index (χ4n) is 2.90. The van der Waals surface area contributed by atoms with E-state index in [0.29, 0.717) is 27.9 Å². The molecule has 1 amide bonds. The van der Waals surface area contributed by atoms with Gasteiger partial charge in [0.2, 0.25) is 5.95 Å². The molecule has 0 saturated heterocycles. The van der Waals surface area contributed by atoms with Crippen molar-refractivity contribution in [1.82, 2.24) is 19.7 Å². The van der Waals surface area contributed by atoms with Gasteiger partial charge in [0.05, 0.1) is 18.9 Å². The minimum Gasteiger partial charge on any atom is -0.494 e. The summed E-state index contributed by atoms with van der Waals surface area (Å²) in [7, 11) is 3.28.